The molecule has 3 heterocycles. The Morgan fingerprint density at radius 3 is 2.86 bits per heavy atom. The van der Waals surface area contributed by atoms with Crippen LogP contribution < -0.4 is 16.2 Å². The number of hydrogen-bond donors (Lipinski definition) is 2. The Hall–Kier alpha value is -2.08. The molecule has 0 bridgehead atoms. The SMILES string of the molecule is Cc1cc(Nc2cn(C3CCNCC3)cn2)c(=O)n(C)c1. The van der Waals surface area contributed by atoms with Gasteiger partial charge in [-0.3, -0.25) is 4.79 Å². The molecule has 6 nitrogen and oxygen atoms in total. The number of nitrogens with zero attached hydrogens (tertiary/aromatic N) is 3. The number of imidazole rings is 1. The number of rotatable bonds is 3. The molecule has 0 amide bonds. The van der Waals surface area contributed by atoms with Crippen molar-refractivity contribution in [1.82, 2.24) is 19.4 Å². The largest absolute Gasteiger partial charge is 0.334 e. The van der Waals surface area contributed by atoms with Gasteiger partial charge in [-0.1, -0.05) is 0 Å². The van der Waals surface area contributed by atoms with E-state index in [1.165, 1.54) is 0 Å². The number of nitrogens with one attached hydrogen (secondary N) is 2. The van der Waals surface area contributed by atoms with Crippen molar-refractivity contribution < 1.29 is 0 Å². The van der Waals surface area contributed by atoms with Gasteiger partial charge in [0.25, 0.3) is 5.56 Å². The highest BCUT2D eigenvalue weighted by Gasteiger charge is 2.15. The second-order valence-electron chi connectivity index (χ2n) is 5.66. The first kappa shape index (κ1) is 13.9. The van der Waals surface area contributed by atoms with Crippen molar-refractivity contribution in [3.8, 4) is 0 Å². The maximum absolute atomic E-state index is 12.1. The van der Waals surface area contributed by atoms with Gasteiger partial charge < -0.3 is 19.8 Å². The molecule has 2 aromatic rings. The number of anilines is 2. The van der Waals surface area contributed by atoms with Gasteiger partial charge in [0.2, 0.25) is 0 Å². The first-order valence-corrected chi connectivity index (χ1v) is 7.32. The summed E-state index contributed by atoms with van der Waals surface area (Å²) in [7, 11) is 1.76. The van der Waals surface area contributed by atoms with Gasteiger partial charge in [-0.05, 0) is 44.5 Å². The average Bonchev–Trinajstić information content (AvgIpc) is 2.94. The molecule has 2 aromatic heterocycles. The van der Waals surface area contributed by atoms with Crippen LogP contribution >= 0.6 is 0 Å². The molecule has 0 atom stereocenters. The number of hydrogen-bond acceptors (Lipinski definition) is 4. The smallest absolute Gasteiger partial charge is 0.274 e. The van der Waals surface area contributed by atoms with E-state index in [1.54, 1.807) is 11.6 Å². The van der Waals surface area contributed by atoms with Gasteiger partial charge in [0.15, 0.2) is 0 Å². The Morgan fingerprint density at radius 1 is 1.33 bits per heavy atom. The van der Waals surface area contributed by atoms with Crippen LogP contribution in [0.2, 0.25) is 0 Å². The Morgan fingerprint density at radius 2 is 2.10 bits per heavy atom. The van der Waals surface area contributed by atoms with Crippen LogP contribution in [0.5, 0.6) is 0 Å². The summed E-state index contributed by atoms with van der Waals surface area (Å²) >= 11 is 0. The highest BCUT2D eigenvalue weighted by atomic mass is 16.1. The normalized spacial score (nSPS) is 16.1. The fourth-order valence-electron chi connectivity index (χ4n) is 2.81. The Labute approximate surface area is 123 Å². The van der Waals surface area contributed by atoms with Crippen LogP contribution in [0.15, 0.2) is 29.6 Å². The molecule has 0 aromatic carbocycles. The molecule has 2 N–H and O–H groups in total. The predicted molar refractivity (Wildman–Crippen MR) is 83.1 cm³/mol. The molecule has 0 aliphatic carbocycles. The Bertz CT molecular complexity index is 682. The van der Waals surface area contributed by atoms with Crippen LogP contribution in [-0.4, -0.2) is 27.2 Å². The highest BCUT2D eigenvalue weighted by molar-refractivity contribution is 5.55. The van der Waals surface area contributed by atoms with Crippen molar-refractivity contribution in [3.63, 3.8) is 0 Å². The summed E-state index contributed by atoms with van der Waals surface area (Å²) in [6.07, 6.45) is 7.88. The maximum atomic E-state index is 12.1. The molecule has 0 spiro atoms. The standard InChI is InChI=1S/C15H21N5O/c1-11-7-13(15(21)19(2)8-11)18-14-9-20(10-17-14)12-3-5-16-6-4-12/h7-10,12,16,18H,3-6H2,1-2H3. The summed E-state index contributed by atoms with van der Waals surface area (Å²) in [5.74, 6) is 0.719. The van der Waals surface area contributed by atoms with E-state index in [4.69, 9.17) is 0 Å². The lowest BCUT2D eigenvalue weighted by atomic mass is 10.1. The third-order valence-corrected chi connectivity index (χ3v) is 3.91. The topological polar surface area (TPSA) is 63.9 Å². The second-order valence-corrected chi connectivity index (χ2v) is 5.66. The highest BCUT2D eigenvalue weighted by Crippen LogP contribution is 2.21. The summed E-state index contributed by atoms with van der Waals surface area (Å²) in [4.78, 5) is 16.5. The summed E-state index contributed by atoms with van der Waals surface area (Å²) in [6, 6.07) is 2.35. The van der Waals surface area contributed by atoms with Crippen molar-refractivity contribution in [2.24, 2.45) is 7.05 Å². The van der Waals surface area contributed by atoms with Crippen molar-refractivity contribution >= 4 is 11.5 Å². The van der Waals surface area contributed by atoms with E-state index in [-0.39, 0.29) is 5.56 Å². The molecule has 0 unspecified atom stereocenters. The molecule has 1 fully saturated rings. The maximum Gasteiger partial charge on any atom is 0.274 e. The van der Waals surface area contributed by atoms with E-state index in [9.17, 15) is 4.79 Å². The van der Waals surface area contributed by atoms with E-state index >= 15 is 0 Å². The van der Waals surface area contributed by atoms with Gasteiger partial charge in [-0.2, -0.15) is 0 Å². The molecule has 1 aliphatic heterocycles. The number of pyridine rings is 1. The quantitative estimate of drug-likeness (QED) is 0.899. The lowest BCUT2D eigenvalue weighted by Crippen LogP contribution is -2.28. The molecule has 3 rings (SSSR count). The van der Waals surface area contributed by atoms with Crippen molar-refractivity contribution in [2.45, 2.75) is 25.8 Å². The first-order valence-electron chi connectivity index (χ1n) is 7.32. The average molecular weight is 287 g/mol. The Balaban J connectivity index is 1.80. The van der Waals surface area contributed by atoms with Gasteiger partial charge in [-0.15, -0.1) is 0 Å². The first-order chi connectivity index (χ1) is 10.1. The van der Waals surface area contributed by atoms with E-state index in [2.05, 4.69) is 20.2 Å². The molecule has 1 aliphatic rings. The lowest BCUT2D eigenvalue weighted by Gasteiger charge is -2.23. The molecular weight excluding hydrogens is 266 g/mol. The van der Waals surface area contributed by atoms with Gasteiger partial charge >= 0.3 is 0 Å². The fourth-order valence-corrected chi connectivity index (χ4v) is 2.81. The third kappa shape index (κ3) is 3.00. The van der Waals surface area contributed by atoms with Gasteiger partial charge in [-0.25, -0.2) is 4.98 Å². The molecule has 21 heavy (non-hydrogen) atoms. The summed E-state index contributed by atoms with van der Waals surface area (Å²) < 4.78 is 3.73. The Kier molecular flexibility index (Phi) is 3.79. The van der Waals surface area contributed by atoms with E-state index < -0.39 is 0 Å². The van der Waals surface area contributed by atoms with Crippen LogP contribution in [-0.2, 0) is 7.05 Å². The summed E-state index contributed by atoms with van der Waals surface area (Å²) in [6.45, 7) is 4.06. The fraction of sp³-hybridized carbons (Fsp3) is 0.467. The number of aryl methyl sites for hydroxylation is 2. The van der Waals surface area contributed by atoms with Crippen molar-refractivity contribution in [3.05, 3.63) is 40.7 Å². The van der Waals surface area contributed by atoms with Crippen LogP contribution in [0.25, 0.3) is 0 Å². The van der Waals surface area contributed by atoms with Gasteiger partial charge in [0, 0.05) is 25.5 Å². The monoisotopic (exact) mass is 287 g/mol. The lowest BCUT2D eigenvalue weighted by molar-refractivity contribution is 0.368. The van der Waals surface area contributed by atoms with Crippen LogP contribution in [0.1, 0.15) is 24.4 Å². The molecule has 6 heteroatoms. The molecule has 0 radical (unpaired) electrons. The zero-order chi connectivity index (χ0) is 14.8. The minimum atomic E-state index is -0.0444. The number of piperidine rings is 1. The minimum Gasteiger partial charge on any atom is -0.334 e. The molecule has 112 valence electrons. The zero-order valence-corrected chi connectivity index (χ0v) is 12.5. The van der Waals surface area contributed by atoms with Crippen LogP contribution in [0.3, 0.4) is 0 Å². The van der Waals surface area contributed by atoms with E-state index in [1.807, 2.05) is 31.7 Å². The van der Waals surface area contributed by atoms with Crippen LogP contribution in [0.4, 0.5) is 11.5 Å². The van der Waals surface area contributed by atoms with E-state index in [0.29, 0.717) is 11.7 Å². The summed E-state index contributed by atoms with van der Waals surface area (Å²) in [5, 5.41) is 6.49. The zero-order valence-electron chi connectivity index (χ0n) is 12.5. The van der Waals surface area contributed by atoms with Crippen LogP contribution in [0, 0.1) is 6.92 Å². The second kappa shape index (κ2) is 5.73. The molecular formula is C15H21N5O. The van der Waals surface area contributed by atoms with Gasteiger partial charge in [0.1, 0.15) is 11.5 Å². The predicted octanol–water partition coefficient (Wildman–Crippen LogP) is 1.56. The van der Waals surface area contributed by atoms with Crippen molar-refractivity contribution in [1.29, 1.82) is 0 Å². The summed E-state index contributed by atoms with van der Waals surface area (Å²) in [5.41, 5.74) is 1.56. The van der Waals surface area contributed by atoms with E-state index in [0.717, 1.165) is 37.3 Å². The number of aromatic nitrogens is 3. The molecule has 0 saturated carbocycles. The minimum absolute atomic E-state index is 0.0444. The third-order valence-electron chi connectivity index (χ3n) is 3.91. The molecule has 1 saturated heterocycles. The van der Waals surface area contributed by atoms with Crippen molar-refractivity contribution in [2.75, 3.05) is 18.4 Å². The van der Waals surface area contributed by atoms with Gasteiger partial charge in [0.05, 0.1) is 6.33 Å².